The fraction of sp³-hybridized carbons (Fsp3) is 0. The fourth-order valence-corrected chi connectivity index (χ4v) is 2.98. The molecule has 4 aromatic carbocycles. The third-order valence-corrected chi connectivity index (χ3v) is 4.02. The smallest absolute Gasteiger partial charge is 0.194 e. The maximum absolute atomic E-state index is 12.6. The van der Waals surface area contributed by atoms with E-state index in [0.29, 0.717) is 16.2 Å². The summed E-state index contributed by atoms with van der Waals surface area (Å²) in [5.74, 6) is -0.145. The van der Waals surface area contributed by atoms with Gasteiger partial charge >= 0.3 is 0 Å². The molecule has 0 unspecified atom stereocenters. The molecule has 4 aromatic rings. The number of Topliss-reactive ketones (excluding diaryl/α,β-unsaturated/α-hetero) is 1. The van der Waals surface area contributed by atoms with Crippen LogP contribution in [0.2, 0.25) is 0 Å². The molecule has 104 valence electrons. The minimum atomic E-state index is -0.145. The Morgan fingerprint density at radius 2 is 1.45 bits per heavy atom. The zero-order chi connectivity index (χ0) is 15.1. The molecule has 0 saturated carbocycles. The van der Waals surface area contributed by atoms with E-state index in [1.807, 2.05) is 54.6 Å². The second-order valence-corrected chi connectivity index (χ2v) is 5.33. The van der Waals surface area contributed by atoms with Crippen LogP contribution in [0.3, 0.4) is 0 Å². The molecule has 0 amide bonds. The largest absolute Gasteiger partial charge is 0.289 e. The maximum atomic E-state index is 12.6. The highest BCUT2D eigenvalue weighted by Crippen LogP contribution is 2.22. The average Bonchev–Trinajstić information content (AvgIpc) is 2.84. The van der Waals surface area contributed by atoms with Crippen molar-refractivity contribution >= 4 is 33.4 Å². The SMILES string of the molecule is O=C(/C=c1\c(=O)c2cccc3cccc1c32)c1ccccc1. The molecule has 2 heteroatoms. The molecule has 4 rings (SSSR count). The molecule has 0 saturated heterocycles. The highest BCUT2D eigenvalue weighted by atomic mass is 16.1. The number of carbonyl (C=O) groups is 1. The van der Waals surface area contributed by atoms with Crippen molar-refractivity contribution in [1.82, 2.24) is 0 Å². The number of hydrogen-bond acceptors (Lipinski definition) is 2. The van der Waals surface area contributed by atoms with E-state index in [9.17, 15) is 9.59 Å². The highest BCUT2D eigenvalue weighted by molar-refractivity contribution is 6.20. The molecule has 0 aliphatic rings. The Labute approximate surface area is 126 Å². The van der Waals surface area contributed by atoms with Crippen molar-refractivity contribution in [2.24, 2.45) is 0 Å². The Bertz CT molecular complexity index is 1090. The summed E-state index contributed by atoms with van der Waals surface area (Å²) >= 11 is 0. The lowest BCUT2D eigenvalue weighted by molar-refractivity contribution is 0.106. The van der Waals surface area contributed by atoms with Gasteiger partial charge in [0.2, 0.25) is 0 Å². The molecule has 0 aliphatic carbocycles. The minimum absolute atomic E-state index is 0.0731. The number of benzene rings is 3. The molecule has 0 atom stereocenters. The summed E-state index contributed by atoms with van der Waals surface area (Å²) in [6.07, 6.45) is 1.46. The van der Waals surface area contributed by atoms with Crippen molar-refractivity contribution in [3.63, 3.8) is 0 Å². The summed E-state index contributed by atoms with van der Waals surface area (Å²) in [6, 6.07) is 20.5. The predicted octanol–water partition coefficient (Wildman–Crippen LogP) is 3.17. The third kappa shape index (κ3) is 1.81. The summed E-state index contributed by atoms with van der Waals surface area (Å²) in [5, 5.41) is 3.99. The van der Waals surface area contributed by atoms with E-state index in [4.69, 9.17) is 0 Å². The van der Waals surface area contributed by atoms with E-state index in [1.165, 1.54) is 6.08 Å². The van der Waals surface area contributed by atoms with Gasteiger partial charge in [-0.2, -0.15) is 0 Å². The Balaban J connectivity index is 2.06. The van der Waals surface area contributed by atoms with E-state index in [0.717, 1.165) is 16.2 Å². The number of rotatable bonds is 2. The Morgan fingerprint density at radius 3 is 2.18 bits per heavy atom. The first-order valence-corrected chi connectivity index (χ1v) is 7.13. The van der Waals surface area contributed by atoms with Crippen LogP contribution in [0.15, 0.2) is 71.5 Å². The van der Waals surface area contributed by atoms with Gasteiger partial charge in [-0.05, 0) is 16.8 Å². The normalized spacial score (nSPS) is 12.3. The van der Waals surface area contributed by atoms with Crippen LogP contribution >= 0.6 is 0 Å². The minimum Gasteiger partial charge on any atom is -0.289 e. The van der Waals surface area contributed by atoms with Gasteiger partial charge in [-0.25, -0.2) is 0 Å². The molecule has 0 heterocycles. The first-order valence-electron chi connectivity index (χ1n) is 7.13. The fourth-order valence-electron chi connectivity index (χ4n) is 2.98. The van der Waals surface area contributed by atoms with Crippen LogP contribution < -0.4 is 10.6 Å². The van der Waals surface area contributed by atoms with E-state index in [-0.39, 0.29) is 11.2 Å². The Hall–Kier alpha value is -3.00. The van der Waals surface area contributed by atoms with Crippen molar-refractivity contribution < 1.29 is 4.79 Å². The van der Waals surface area contributed by atoms with E-state index >= 15 is 0 Å². The first-order chi connectivity index (χ1) is 10.8. The van der Waals surface area contributed by atoms with Crippen LogP contribution in [0, 0.1) is 0 Å². The lowest BCUT2D eigenvalue weighted by atomic mass is 10.1. The molecule has 0 fully saturated rings. The molecule has 0 aliphatic heterocycles. The number of ketones is 1. The van der Waals surface area contributed by atoms with Crippen molar-refractivity contribution in [2.45, 2.75) is 0 Å². The molecule has 0 radical (unpaired) electrons. The van der Waals surface area contributed by atoms with Crippen molar-refractivity contribution in [3.8, 4) is 0 Å². The molecule has 0 spiro atoms. The van der Waals surface area contributed by atoms with E-state index < -0.39 is 0 Å². The quantitative estimate of drug-likeness (QED) is 0.530. The van der Waals surface area contributed by atoms with Gasteiger partial charge in [0.05, 0.1) is 0 Å². The maximum Gasteiger partial charge on any atom is 0.194 e. The summed E-state index contributed by atoms with van der Waals surface area (Å²) in [4.78, 5) is 25.0. The zero-order valence-corrected chi connectivity index (χ0v) is 11.7. The van der Waals surface area contributed by atoms with Crippen LogP contribution in [0.4, 0.5) is 0 Å². The standard InChI is InChI=1S/C20H12O2/c21-18(13-6-2-1-3-7-13)12-17-15-10-4-8-14-9-5-11-16(19(14)15)20(17)22/h1-12H/b17-12-. The van der Waals surface area contributed by atoms with Crippen LogP contribution in [-0.4, -0.2) is 5.78 Å². The molecule has 0 bridgehead atoms. The second-order valence-electron chi connectivity index (χ2n) is 5.33. The van der Waals surface area contributed by atoms with Gasteiger partial charge in [0.1, 0.15) is 0 Å². The van der Waals surface area contributed by atoms with Gasteiger partial charge in [0, 0.05) is 21.6 Å². The summed E-state index contributed by atoms with van der Waals surface area (Å²) < 4.78 is 0. The summed E-state index contributed by atoms with van der Waals surface area (Å²) in [5.41, 5.74) is 0.516. The van der Waals surface area contributed by atoms with E-state index in [2.05, 4.69) is 0 Å². The van der Waals surface area contributed by atoms with Gasteiger partial charge in [0.15, 0.2) is 11.2 Å². The summed E-state index contributed by atoms with van der Waals surface area (Å²) in [6.45, 7) is 0. The van der Waals surface area contributed by atoms with Crippen molar-refractivity contribution in [1.29, 1.82) is 0 Å². The average molecular weight is 284 g/mol. The van der Waals surface area contributed by atoms with Gasteiger partial charge in [-0.3, -0.25) is 9.59 Å². The number of hydrogen-bond donors (Lipinski definition) is 0. The van der Waals surface area contributed by atoms with E-state index in [1.54, 1.807) is 12.1 Å². The molecular weight excluding hydrogens is 272 g/mol. The zero-order valence-electron chi connectivity index (χ0n) is 11.7. The molecule has 0 aromatic heterocycles. The monoisotopic (exact) mass is 284 g/mol. The summed E-state index contributed by atoms with van der Waals surface area (Å²) in [7, 11) is 0. The lowest BCUT2D eigenvalue weighted by Gasteiger charge is -1.96. The van der Waals surface area contributed by atoms with Crippen LogP contribution in [0.5, 0.6) is 0 Å². The predicted molar refractivity (Wildman–Crippen MR) is 89.4 cm³/mol. The first kappa shape index (κ1) is 12.7. The topological polar surface area (TPSA) is 34.1 Å². The molecule has 0 N–H and O–H groups in total. The van der Waals surface area contributed by atoms with Crippen molar-refractivity contribution in [2.75, 3.05) is 0 Å². The molecule has 2 nitrogen and oxygen atoms in total. The van der Waals surface area contributed by atoms with Gasteiger partial charge < -0.3 is 0 Å². The van der Waals surface area contributed by atoms with Gasteiger partial charge in [0.25, 0.3) is 0 Å². The van der Waals surface area contributed by atoms with Gasteiger partial charge in [-0.15, -0.1) is 0 Å². The Kier molecular flexibility index (Phi) is 2.76. The van der Waals surface area contributed by atoms with Crippen LogP contribution in [-0.2, 0) is 0 Å². The second kappa shape index (κ2) is 4.78. The van der Waals surface area contributed by atoms with Crippen molar-refractivity contribution in [3.05, 3.63) is 87.7 Å². The highest BCUT2D eigenvalue weighted by Gasteiger charge is 2.11. The Morgan fingerprint density at radius 1 is 0.773 bits per heavy atom. The third-order valence-electron chi connectivity index (χ3n) is 4.02. The molecule has 22 heavy (non-hydrogen) atoms. The lowest BCUT2D eigenvalue weighted by Crippen LogP contribution is -2.21. The van der Waals surface area contributed by atoms with Crippen LogP contribution in [0.1, 0.15) is 10.4 Å². The van der Waals surface area contributed by atoms with Gasteiger partial charge in [-0.1, -0.05) is 66.7 Å². The molecular formula is C20H12O2. The van der Waals surface area contributed by atoms with Crippen LogP contribution in [0.25, 0.3) is 27.6 Å². The number of carbonyl (C=O) groups excluding carboxylic acids is 1.